The first kappa shape index (κ1) is 14.4. The number of carbonyl (C=O) groups is 1. The van der Waals surface area contributed by atoms with Gasteiger partial charge in [-0.2, -0.15) is 0 Å². The van der Waals surface area contributed by atoms with Gasteiger partial charge in [-0.05, 0) is 32.8 Å². The van der Waals surface area contributed by atoms with Gasteiger partial charge in [-0.25, -0.2) is 4.79 Å². The minimum atomic E-state index is -0.964. The fourth-order valence-electron chi connectivity index (χ4n) is 1.49. The molecule has 0 aliphatic rings. The molecule has 5 heteroatoms. The molecule has 0 aliphatic heterocycles. The van der Waals surface area contributed by atoms with Crippen LogP contribution in [0.4, 0.5) is 5.69 Å². The first-order valence-corrected chi connectivity index (χ1v) is 6.14. The number of aromatic carboxylic acids is 1. The van der Waals surface area contributed by atoms with Crippen molar-refractivity contribution >= 4 is 11.7 Å². The number of anilines is 1. The zero-order chi connectivity index (χ0) is 13.4. The number of unbranched alkanes of at least 4 members (excludes halogenated alkanes) is 1. The molecule has 0 atom stereocenters. The monoisotopic (exact) mass is 252 g/mol. The van der Waals surface area contributed by atoms with Crippen LogP contribution in [0, 0.1) is 0 Å². The van der Waals surface area contributed by atoms with Crippen molar-refractivity contribution in [2.45, 2.75) is 32.8 Å². The lowest BCUT2D eigenvalue weighted by Crippen LogP contribution is -2.09. The molecule has 0 aliphatic carbocycles. The second-order valence-electron chi connectivity index (χ2n) is 4.28. The largest absolute Gasteiger partial charge is 0.478 e. The van der Waals surface area contributed by atoms with Gasteiger partial charge in [0.05, 0.1) is 11.8 Å². The lowest BCUT2D eigenvalue weighted by molar-refractivity contribution is 0.0697. The second-order valence-corrected chi connectivity index (χ2v) is 4.28. The predicted molar refractivity (Wildman–Crippen MR) is 70.0 cm³/mol. The summed E-state index contributed by atoms with van der Waals surface area (Å²) < 4.78 is 5.42. The SMILES string of the molecule is CC(C)OCCCCNc1ccncc1C(=O)O. The highest BCUT2D eigenvalue weighted by Crippen LogP contribution is 2.13. The molecule has 1 aromatic heterocycles. The summed E-state index contributed by atoms with van der Waals surface area (Å²) in [6.07, 6.45) is 5.09. The van der Waals surface area contributed by atoms with Crippen molar-refractivity contribution in [3.63, 3.8) is 0 Å². The molecule has 0 amide bonds. The molecule has 0 spiro atoms. The standard InChI is InChI=1S/C13H20N2O3/c1-10(2)18-8-4-3-6-15-12-5-7-14-9-11(12)13(16)17/h5,7,9-10H,3-4,6,8H2,1-2H3,(H,14,15)(H,16,17). The summed E-state index contributed by atoms with van der Waals surface area (Å²) in [5, 5.41) is 12.1. The molecule has 0 bridgehead atoms. The Balaban J connectivity index is 2.29. The van der Waals surface area contributed by atoms with Crippen LogP contribution in [-0.2, 0) is 4.74 Å². The van der Waals surface area contributed by atoms with Crippen LogP contribution in [0.3, 0.4) is 0 Å². The lowest BCUT2D eigenvalue weighted by atomic mass is 10.2. The summed E-state index contributed by atoms with van der Waals surface area (Å²) in [6.45, 7) is 5.48. The molecule has 0 saturated heterocycles. The van der Waals surface area contributed by atoms with Gasteiger partial charge in [0.25, 0.3) is 0 Å². The summed E-state index contributed by atoms with van der Waals surface area (Å²) in [4.78, 5) is 14.7. The van der Waals surface area contributed by atoms with E-state index in [9.17, 15) is 4.79 Å². The van der Waals surface area contributed by atoms with Crippen LogP contribution >= 0.6 is 0 Å². The summed E-state index contributed by atoms with van der Waals surface area (Å²) >= 11 is 0. The minimum Gasteiger partial charge on any atom is -0.478 e. The molecule has 0 unspecified atom stereocenters. The van der Waals surface area contributed by atoms with Gasteiger partial charge < -0.3 is 15.2 Å². The van der Waals surface area contributed by atoms with Gasteiger partial charge in [0.1, 0.15) is 5.56 Å². The minimum absolute atomic E-state index is 0.205. The summed E-state index contributed by atoms with van der Waals surface area (Å²) in [6, 6.07) is 1.67. The van der Waals surface area contributed by atoms with Crippen molar-refractivity contribution in [2.75, 3.05) is 18.5 Å². The van der Waals surface area contributed by atoms with Crippen LogP contribution in [0.15, 0.2) is 18.5 Å². The van der Waals surface area contributed by atoms with Crippen LogP contribution in [0.5, 0.6) is 0 Å². The third-order valence-electron chi connectivity index (χ3n) is 2.39. The Labute approximate surface area is 107 Å². The van der Waals surface area contributed by atoms with E-state index < -0.39 is 5.97 Å². The van der Waals surface area contributed by atoms with Crippen molar-refractivity contribution in [3.05, 3.63) is 24.0 Å². The molecule has 18 heavy (non-hydrogen) atoms. The number of carboxylic acid groups (broad SMARTS) is 1. The Kier molecular flexibility index (Phi) is 6.14. The number of pyridine rings is 1. The van der Waals surface area contributed by atoms with Gasteiger partial charge in [0, 0.05) is 25.5 Å². The van der Waals surface area contributed by atoms with Gasteiger partial charge in [0.15, 0.2) is 0 Å². The molecule has 2 N–H and O–H groups in total. The third kappa shape index (κ3) is 5.14. The average Bonchev–Trinajstić information content (AvgIpc) is 2.33. The highest BCUT2D eigenvalue weighted by atomic mass is 16.5. The van der Waals surface area contributed by atoms with Gasteiger partial charge >= 0.3 is 5.97 Å². The number of nitrogens with one attached hydrogen (secondary N) is 1. The number of hydrogen-bond acceptors (Lipinski definition) is 4. The van der Waals surface area contributed by atoms with Gasteiger partial charge in [-0.15, -0.1) is 0 Å². The van der Waals surface area contributed by atoms with Crippen LogP contribution in [0.2, 0.25) is 0 Å². The topological polar surface area (TPSA) is 71.5 Å². The van der Waals surface area contributed by atoms with Crippen molar-refractivity contribution < 1.29 is 14.6 Å². The Morgan fingerprint density at radius 3 is 2.94 bits per heavy atom. The van der Waals surface area contributed by atoms with E-state index in [1.165, 1.54) is 6.20 Å². The Morgan fingerprint density at radius 2 is 2.28 bits per heavy atom. The molecule has 1 aromatic rings. The molecule has 1 rings (SSSR count). The fraction of sp³-hybridized carbons (Fsp3) is 0.538. The van der Waals surface area contributed by atoms with E-state index in [0.29, 0.717) is 5.69 Å². The zero-order valence-electron chi connectivity index (χ0n) is 10.8. The number of nitrogens with zero attached hydrogens (tertiary/aromatic N) is 1. The maximum atomic E-state index is 10.9. The summed E-state index contributed by atoms with van der Waals surface area (Å²) in [5.41, 5.74) is 0.818. The smallest absolute Gasteiger partial charge is 0.339 e. The lowest BCUT2D eigenvalue weighted by Gasteiger charge is -2.10. The van der Waals surface area contributed by atoms with E-state index in [-0.39, 0.29) is 11.7 Å². The highest BCUT2D eigenvalue weighted by Gasteiger charge is 2.08. The van der Waals surface area contributed by atoms with Crippen molar-refractivity contribution in [1.82, 2.24) is 4.98 Å². The average molecular weight is 252 g/mol. The maximum Gasteiger partial charge on any atom is 0.339 e. The normalized spacial score (nSPS) is 10.6. The number of hydrogen-bond donors (Lipinski definition) is 2. The molecule has 0 radical (unpaired) electrons. The van der Waals surface area contributed by atoms with E-state index in [0.717, 1.165) is 26.0 Å². The first-order chi connectivity index (χ1) is 8.61. The van der Waals surface area contributed by atoms with Crippen LogP contribution in [0.25, 0.3) is 0 Å². The first-order valence-electron chi connectivity index (χ1n) is 6.14. The number of ether oxygens (including phenoxy) is 1. The summed E-state index contributed by atoms with van der Waals surface area (Å²) in [5.74, 6) is -0.964. The molecule has 1 heterocycles. The third-order valence-corrected chi connectivity index (χ3v) is 2.39. The van der Waals surface area contributed by atoms with Gasteiger partial charge in [-0.1, -0.05) is 0 Å². The van der Waals surface area contributed by atoms with Crippen molar-refractivity contribution in [3.8, 4) is 0 Å². The predicted octanol–water partition coefficient (Wildman–Crippen LogP) is 2.40. The Hall–Kier alpha value is -1.62. The van der Waals surface area contributed by atoms with Crippen LogP contribution in [-0.4, -0.2) is 35.3 Å². The van der Waals surface area contributed by atoms with Crippen molar-refractivity contribution in [2.24, 2.45) is 0 Å². The van der Waals surface area contributed by atoms with Gasteiger partial charge in [-0.3, -0.25) is 4.98 Å². The molecule has 0 aromatic carbocycles. The molecular weight excluding hydrogens is 232 g/mol. The van der Waals surface area contributed by atoms with Gasteiger partial charge in [0.2, 0.25) is 0 Å². The highest BCUT2D eigenvalue weighted by molar-refractivity contribution is 5.93. The Morgan fingerprint density at radius 1 is 1.50 bits per heavy atom. The number of aromatic nitrogens is 1. The summed E-state index contributed by atoms with van der Waals surface area (Å²) in [7, 11) is 0. The zero-order valence-corrected chi connectivity index (χ0v) is 10.8. The van der Waals surface area contributed by atoms with Crippen LogP contribution < -0.4 is 5.32 Å². The van der Waals surface area contributed by atoms with Crippen molar-refractivity contribution in [1.29, 1.82) is 0 Å². The fourth-order valence-corrected chi connectivity index (χ4v) is 1.49. The number of carboxylic acids is 1. The van der Waals surface area contributed by atoms with E-state index in [4.69, 9.17) is 9.84 Å². The van der Waals surface area contributed by atoms with E-state index in [1.54, 1.807) is 12.3 Å². The second kappa shape index (κ2) is 7.66. The quantitative estimate of drug-likeness (QED) is 0.695. The van der Waals surface area contributed by atoms with E-state index in [1.807, 2.05) is 13.8 Å². The molecule has 0 fully saturated rings. The molecule has 100 valence electrons. The molecule has 0 saturated carbocycles. The molecular formula is C13H20N2O3. The maximum absolute atomic E-state index is 10.9. The van der Waals surface area contributed by atoms with E-state index in [2.05, 4.69) is 10.3 Å². The van der Waals surface area contributed by atoms with E-state index >= 15 is 0 Å². The number of rotatable bonds is 8. The molecule has 5 nitrogen and oxygen atoms in total. The Bertz CT molecular complexity index is 380. The van der Waals surface area contributed by atoms with Crippen LogP contribution in [0.1, 0.15) is 37.0 Å².